The molecule has 1 aromatic carbocycles. The van der Waals surface area contributed by atoms with Crippen molar-refractivity contribution < 1.29 is 9.59 Å². The fourth-order valence-electron chi connectivity index (χ4n) is 2.81. The van der Waals surface area contributed by atoms with Gasteiger partial charge in [0, 0.05) is 18.3 Å². The first-order valence-corrected chi connectivity index (χ1v) is 8.24. The first-order chi connectivity index (χ1) is 10.5. The van der Waals surface area contributed by atoms with E-state index in [1.807, 2.05) is 35.2 Å². The Kier molecular flexibility index (Phi) is 5.83. The first kappa shape index (κ1) is 16.8. The molecule has 2 amide bonds. The van der Waals surface area contributed by atoms with Crippen LogP contribution in [0.25, 0.3) is 0 Å². The Labute approximate surface area is 137 Å². The number of hydrogen-bond acceptors (Lipinski definition) is 2. The van der Waals surface area contributed by atoms with E-state index in [1.54, 1.807) is 6.92 Å². The van der Waals surface area contributed by atoms with Crippen LogP contribution >= 0.6 is 11.6 Å². The van der Waals surface area contributed by atoms with Gasteiger partial charge < -0.3 is 9.80 Å². The Balaban J connectivity index is 2.16. The predicted molar refractivity (Wildman–Crippen MR) is 89.1 cm³/mol. The van der Waals surface area contributed by atoms with Gasteiger partial charge in [0.15, 0.2) is 0 Å². The largest absolute Gasteiger partial charge is 0.338 e. The standard InChI is InChI=1S/C17H23ClN2O2/c1-13-8-6-7-11-19(13)16(21)12-20(17(22)14(2)18)15-9-4-3-5-10-15/h3-5,9-10,13-14H,6-8,11-12H2,1-2H3. The summed E-state index contributed by atoms with van der Waals surface area (Å²) in [4.78, 5) is 28.3. The monoisotopic (exact) mass is 322 g/mol. The van der Waals surface area contributed by atoms with Crippen LogP contribution in [0.3, 0.4) is 0 Å². The second kappa shape index (κ2) is 7.63. The molecule has 0 aromatic heterocycles. The van der Waals surface area contributed by atoms with E-state index in [0.717, 1.165) is 25.8 Å². The fraction of sp³-hybridized carbons (Fsp3) is 0.529. The molecular weight excluding hydrogens is 300 g/mol. The van der Waals surface area contributed by atoms with Crippen molar-refractivity contribution in [2.24, 2.45) is 0 Å². The third kappa shape index (κ3) is 4.01. The fourth-order valence-corrected chi connectivity index (χ4v) is 2.93. The number of carbonyl (C=O) groups is 2. The highest BCUT2D eigenvalue weighted by Gasteiger charge is 2.28. The van der Waals surface area contributed by atoms with Gasteiger partial charge in [0.2, 0.25) is 11.8 Å². The number of rotatable bonds is 4. The molecule has 0 spiro atoms. The lowest BCUT2D eigenvalue weighted by Crippen LogP contribution is -2.49. The molecule has 0 saturated carbocycles. The van der Waals surface area contributed by atoms with E-state index in [2.05, 4.69) is 6.92 Å². The number of nitrogens with zero attached hydrogens (tertiary/aromatic N) is 2. The summed E-state index contributed by atoms with van der Waals surface area (Å²) in [5, 5.41) is -0.660. The zero-order chi connectivity index (χ0) is 16.1. The van der Waals surface area contributed by atoms with Crippen molar-refractivity contribution in [3.63, 3.8) is 0 Å². The maximum atomic E-state index is 12.6. The summed E-state index contributed by atoms with van der Waals surface area (Å²) in [7, 11) is 0. The molecule has 5 heteroatoms. The lowest BCUT2D eigenvalue weighted by atomic mass is 10.0. The second-order valence-electron chi connectivity index (χ2n) is 5.81. The van der Waals surface area contributed by atoms with Crippen molar-refractivity contribution in [1.29, 1.82) is 0 Å². The number of para-hydroxylation sites is 1. The van der Waals surface area contributed by atoms with Crippen LogP contribution in [0.2, 0.25) is 0 Å². The highest BCUT2D eigenvalue weighted by atomic mass is 35.5. The molecule has 22 heavy (non-hydrogen) atoms. The number of piperidine rings is 1. The Morgan fingerprint density at radius 2 is 2.00 bits per heavy atom. The summed E-state index contributed by atoms with van der Waals surface area (Å²) < 4.78 is 0. The van der Waals surface area contributed by atoms with Crippen LogP contribution in [0.4, 0.5) is 5.69 Å². The smallest absolute Gasteiger partial charge is 0.245 e. The Bertz CT molecular complexity index is 519. The lowest BCUT2D eigenvalue weighted by Gasteiger charge is -2.35. The number of alkyl halides is 1. The second-order valence-corrected chi connectivity index (χ2v) is 6.46. The Morgan fingerprint density at radius 3 is 2.59 bits per heavy atom. The Morgan fingerprint density at radius 1 is 1.32 bits per heavy atom. The van der Waals surface area contributed by atoms with E-state index < -0.39 is 5.38 Å². The molecule has 0 radical (unpaired) electrons. The maximum absolute atomic E-state index is 12.6. The molecule has 0 bridgehead atoms. The quantitative estimate of drug-likeness (QED) is 0.799. The molecule has 1 aromatic rings. The highest BCUT2D eigenvalue weighted by molar-refractivity contribution is 6.32. The highest BCUT2D eigenvalue weighted by Crippen LogP contribution is 2.20. The molecule has 120 valence electrons. The summed E-state index contributed by atoms with van der Waals surface area (Å²) in [6, 6.07) is 9.46. The third-order valence-corrected chi connectivity index (χ3v) is 4.28. The van der Waals surface area contributed by atoms with Crippen molar-refractivity contribution in [3.05, 3.63) is 30.3 Å². The lowest BCUT2D eigenvalue weighted by molar-refractivity contribution is -0.134. The van der Waals surface area contributed by atoms with Gasteiger partial charge in [-0.05, 0) is 45.2 Å². The number of benzene rings is 1. The molecule has 2 rings (SSSR count). The van der Waals surface area contributed by atoms with Gasteiger partial charge in [-0.1, -0.05) is 18.2 Å². The van der Waals surface area contributed by atoms with E-state index >= 15 is 0 Å². The molecule has 1 saturated heterocycles. The van der Waals surface area contributed by atoms with E-state index in [0.29, 0.717) is 5.69 Å². The van der Waals surface area contributed by atoms with Crippen molar-refractivity contribution in [2.45, 2.75) is 44.5 Å². The number of carbonyl (C=O) groups excluding carboxylic acids is 2. The van der Waals surface area contributed by atoms with Gasteiger partial charge >= 0.3 is 0 Å². The normalized spacial score (nSPS) is 19.6. The molecule has 1 aliphatic rings. The predicted octanol–water partition coefficient (Wildman–Crippen LogP) is 3.05. The minimum atomic E-state index is -0.660. The third-order valence-electron chi connectivity index (χ3n) is 4.09. The van der Waals surface area contributed by atoms with Crippen molar-refractivity contribution >= 4 is 29.1 Å². The van der Waals surface area contributed by atoms with Gasteiger partial charge in [0.25, 0.3) is 0 Å². The van der Waals surface area contributed by atoms with E-state index in [1.165, 1.54) is 4.90 Å². The van der Waals surface area contributed by atoms with Crippen molar-refractivity contribution in [1.82, 2.24) is 4.90 Å². The van der Waals surface area contributed by atoms with Crippen LogP contribution in [0, 0.1) is 0 Å². The maximum Gasteiger partial charge on any atom is 0.245 e. The van der Waals surface area contributed by atoms with Crippen LogP contribution in [-0.2, 0) is 9.59 Å². The number of likely N-dealkylation sites (tertiary alicyclic amines) is 1. The van der Waals surface area contributed by atoms with Crippen LogP contribution in [0.1, 0.15) is 33.1 Å². The molecule has 2 atom stereocenters. The summed E-state index contributed by atoms with van der Waals surface area (Å²) in [6.45, 7) is 4.52. The summed E-state index contributed by atoms with van der Waals surface area (Å²) in [5.74, 6) is -0.257. The van der Waals surface area contributed by atoms with Gasteiger partial charge in [-0.15, -0.1) is 11.6 Å². The molecule has 1 aliphatic heterocycles. The van der Waals surface area contributed by atoms with Crippen molar-refractivity contribution in [3.8, 4) is 0 Å². The van der Waals surface area contributed by atoms with Crippen molar-refractivity contribution in [2.75, 3.05) is 18.0 Å². The molecule has 0 aliphatic carbocycles. The van der Waals surface area contributed by atoms with Gasteiger partial charge in [-0.3, -0.25) is 9.59 Å². The number of hydrogen-bond donors (Lipinski definition) is 0. The van der Waals surface area contributed by atoms with Gasteiger partial charge in [0.1, 0.15) is 11.9 Å². The zero-order valence-corrected chi connectivity index (χ0v) is 13.9. The number of halogens is 1. The van der Waals surface area contributed by atoms with Crippen LogP contribution in [-0.4, -0.2) is 41.2 Å². The van der Waals surface area contributed by atoms with E-state index in [4.69, 9.17) is 11.6 Å². The summed E-state index contributed by atoms with van der Waals surface area (Å²) in [5.41, 5.74) is 0.706. The minimum Gasteiger partial charge on any atom is -0.338 e. The first-order valence-electron chi connectivity index (χ1n) is 7.80. The van der Waals surface area contributed by atoms with Gasteiger partial charge in [-0.25, -0.2) is 0 Å². The summed E-state index contributed by atoms with van der Waals surface area (Å²) >= 11 is 5.95. The topological polar surface area (TPSA) is 40.6 Å². The van der Waals surface area contributed by atoms with Crippen LogP contribution in [0.15, 0.2) is 30.3 Å². The molecule has 1 heterocycles. The molecule has 1 fully saturated rings. The number of anilines is 1. The molecule has 0 N–H and O–H groups in total. The SMILES string of the molecule is CC(Cl)C(=O)N(CC(=O)N1CCCCC1C)c1ccccc1. The molecule has 4 nitrogen and oxygen atoms in total. The summed E-state index contributed by atoms with van der Waals surface area (Å²) in [6.07, 6.45) is 3.21. The van der Waals surface area contributed by atoms with Gasteiger partial charge in [-0.2, -0.15) is 0 Å². The average Bonchev–Trinajstić information content (AvgIpc) is 2.53. The van der Waals surface area contributed by atoms with Crippen LogP contribution < -0.4 is 4.90 Å². The molecule has 2 unspecified atom stereocenters. The number of amides is 2. The zero-order valence-electron chi connectivity index (χ0n) is 13.2. The van der Waals surface area contributed by atoms with Crippen LogP contribution in [0.5, 0.6) is 0 Å². The minimum absolute atomic E-state index is 0.0123. The van der Waals surface area contributed by atoms with E-state index in [-0.39, 0.29) is 24.4 Å². The van der Waals surface area contributed by atoms with E-state index in [9.17, 15) is 9.59 Å². The molecular formula is C17H23ClN2O2. The van der Waals surface area contributed by atoms with Gasteiger partial charge in [0.05, 0.1) is 0 Å². The average molecular weight is 323 g/mol. The Hall–Kier alpha value is -1.55.